The zero-order chi connectivity index (χ0) is 22.0. The third-order valence-electron chi connectivity index (χ3n) is 4.47. The highest BCUT2D eigenvalue weighted by molar-refractivity contribution is 6.11. The Labute approximate surface area is 177 Å². The molecule has 158 valence electrons. The molecule has 0 atom stereocenters. The minimum Gasteiger partial charge on any atom is -0.491 e. The smallest absolute Gasteiger partial charge is 0.337 e. The average Bonchev–Trinajstić information content (AvgIpc) is 3.15. The van der Waals surface area contributed by atoms with Crippen LogP contribution in [0.1, 0.15) is 29.8 Å². The number of nitrogens with one attached hydrogen (secondary N) is 1. The first-order valence-corrected chi connectivity index (χ1v) is 9.71. The predicted octanol–water partition coefficient (Wildman–Crippen LogP) is 4.22. The number of rotatable bonds is 6. The van der Waals surface area contributed by atoms with Crippen LogP contribution < -0.4 is 15.7 Å². The predicted molar refractivity (Wildman–Crippen MR) is 114 cm³/mol. The van der Waals surface area contributed by atoms with Gasteiger partial charge in [-0.25, -0.2) is 9.18 Å². The number of aromatic nitrogens is 2. The minimum absolute atomic E-state index is 0.0410. The molecule has 0 saturated heterocycles. The van der Waals surface area contributed by atoms with E-state index in [0.29, 0.717) is 23.5 Å². The van der Waals surface area contributed by atoms with Gasteiger partial charge in [-0.3, -0.25) is 9.48 Å². The summed E-state index contributed by atoms with van der Waals surface area (Å²) < 4.78 is 25.5. The molecule has 0 spiro atoms. The second kappa shape index (κ2) is 8.43. The van der Waals surface area contributed by atoms with Gasteiger partial charge in [0.1, 0.15) is 17.1 Å². The van der Waals surface area contributed by atoms with Crippen LogP contribution in [0.4, 0.5) is 10.2 Å². The van der Waals surface area contributed by atoms with E-state index < -0.39 is 11.5 Å². The standard InChI is InChI=1S/C23H20FN3O4/c1-14(2)30-17-7-8-18-19(12-22(28)31-20(18)11-17)23(29)25-21-9-10-27(26-21)13-15-3-5-16(24)6-4-15/h3-12,14H,13H2,1-2H3,(H,25,26,29). The van der Waals surface area contributed by atoms with Crippen molar-refractivity contribution >= 4 is 22.7 Å². The number of amides is 1. The van der Waals surface area contributed by atoms with E-state index in [9.17, 15) is 14.0 Å². The van der Waals surface area contributed by atoms with Gasteiger partial charge in [0.2, 0.25) is 0 Å². The van der Waals surface area contributed by atoms with Crippen LogP contribution in [0.5, 0.6) is 5.75 Å². The summed E-state index contributed by atoms with van der Waals surface area (Å²) in [5.41, 5.74) is 0.669. The lowest BCUT2D eigenvalue weighted by atomic mass is 10.1. The number of ether oxygens (including phenoxy) is 1. The molecular formula is C23H20FN3O4. The second-order valence-corrected chi connectivity index (χ2v) is 7.28. The molecule has 2 heterocycles. The van der Waals surface area contributed by atoms with Crippen LogP contribution in [0.15, 0.2) is 70.0 Å². The van der Waals surface area contributed by atoms with Gasteiger partial charge in [0, 0.05) is 29.8 Å². The first-order chi connectivity index (χ1) is 14.9. The number of anilines is 1. The van der Waals surface area contributed by atoms with Crippen LogP contribution in [-0.2, 0) is 6.54 Å². The summed E-state index contributed by atoms with van der Waals surface area (Å²) in [6.07, 6.45) is 1.66. The summed E-state index contributed by atoms with van der Waals surface area (Å²) in [5, 5.41) is 7.49. The molecule has 0 saturated carbocycles. The summed E-state index contributed by atoms with van der Waals surface area (Å²) in [6.45, 7) is 4.20. The van der Waals surface area contributed by atoms with Crippen LogP contribution in [0.2, 0.25) is 0 Å². The lowest BCUT2D eigenvalue weighted by Gasteiger charge is -2.11. The third kappa shape index (κ3) is 4.80. The maximum atomic E-state index is 13.0. The van der Waals surface area contributed by atoms with Gasteiger partial charge in [0.05, 0.1) is 18.2 Å². The number of benzene rings is 2. The number of hydrogen-bond donors (Lipinski definition) is 1. The monoisotopic (exact) mass is 421 g/mol. The fourth-order valence-corrected chi connectivity index (χ4v) is 3.15. The van der Waals surface area contributed by atoms with Crippen molar-refractivity contribution in [3.63, 3.8) is 0 Å². The maximum absolute atomic E-state index is 13.0. The summed E-state index contributed by atoms with van der Waals surface area (Å²) in [6, 6.07) is 13.9. The second-order valence-electron chi connectivity index (χ2n) is 7.28. The number of carbonyl (C=O) groups excluding carboxylic acids is 1. The van der Waals surface area contributed by atoms with Gasteiger partial charge < -0.3 is 14.5 Å². The molecule has 0 unspecified atom stereocenters. The normalized spacial score (nSPS) is 11.1. The van der Waals surface area contributed by atoms with E-state index in [2.05, 4.69) is 10.4 Å². The molecule has 0 radical (unpaired) electrons. The minimum atomic E-state index is -0.638. The molecule has 4 rings (SSSR count). The Morgan fingerprint density at radius 3 is 2.68 bits per heavy atom. The van der Waals surface area contributed by atoms with Crippen molar-refractivity contribution in [2.45, 2.75) is 26.5 Å². The number of hydrogen-bond acceptors (Lipinski definition) is 5. The van der Waals surface area contributed by atoms with Crippen molar-refractivity contribution in [1.29, 1.82) is 0 Å². The lowest BCUT2D eigenvalue weighted by Crippen LogP contribution is -2.16. The fraction of sp³-hybridized carbons (Fsp3) is 0.174. The number of nitrogens with zero attached hydrogens (tertiary/aromatic N) is 2. The molecule has 31 heavy (non-hydrogen) atoms. The van der Waals surface area contributed by atoms with Gasteiger partial charge in [0.15, 0.2) is 5.82 Å². The van der Waals surface area contributed by atoms with Gasteiger partial charge >= 0.3 is 5.63 Å². The third-order valence-corrected chi connectivity index (χ3v) is 4.47. The quantitative estimate of drug-likeness (QED) is 0.471. The summed E-state index contributed by atoms with van der Waals surface area (Å²) >= 11 is 0. The van der Waals surface area contributed by atoms with Gasteiger partial charge in [0.25, 0.3) is 5.91 Å². The van der Waals surface area contributed by atoms with Crippen molar-refractivity contribution in [2.24, 2.45) is 0 Å². The summed E-state index contributed by atoms with van der Waals surface area (Å²) in [5.74, 6) is 0.0816. The van der Waals surface area contributed by atoms with Gasteiger partial charge in [-0.05, 0) is 43.7 Å². The fourth-order valence-electron chi connectivity index (χ4n) is 3.15. The van der Waals surface area contributed by atoms with E-state index in [1.807, 2.05) is 13.8 Å². The molecule has 1 amide bonds. The molecule has 8 heteroatoms. The van der Waals surface area contributed by atoms with E-state index >= 15 is 0 Å². The SMILES string of the molecule is CC(C)Oc1ccc2c(C(=O)Nc3ccn(Cc4ccc(F)cc4)n3)cc(=O)oc2c1. The molecule has 0 aliphatic carbocycles. The molecular weight excluding hydrogens is 401 g/mol. The Morgan fingerprint density at radius 2 is 1.94 bits per heavy atom. The molecule has 0 aliphatic heterocycles. The summed E-state index contributed by atoms with van der Waals surface area (Å²) in [4.78, 5) is 24.8. The van der Waals surface area contributed by atoms with Crippen molar-refractivity contribution in [3.05, 3.63) is 88.2 Å². The van der Waals surface area contributed by atoms with Crippen molar-refractivity contribution in [2.75, 3.05) is 5.32 Å². The van der Waals surface area contributed by atoms with Crippen LogP contribution >= 0.6 is 0 Å². The maximum Gasteiger partial charge on any atom is 0.337 e. The topological polar surface area (TPSA) is 86.4 Å². The van der Waals surface area contributed by atoms with Crippen LogP contribution in [0.3, 0.4) is 0 Å². The molecule has 2 aromatic carbocycles. The number of halogens is 1. The van der Waals surface area contributed by atoms with Crippen molar-refractivity contribution < 1.29 is 18.3 Å². The Morgan fingerprint density at radius 1 is 1.16 bits per heavy atom. The highest BCUT2D eigenvalue weighted by Crippen LogP contribution is 2.24. The number of fused-ring (bicyclic) bond motifs is 1. The molecule has 2 aromatic heterocycles. The highest BCUT2D eigenvalue weighted by atomic mass is 19.1. The Kier molecular flexibility index (Phi) is 5.53. The number of carbonyl (C=O) groups is 1. The highest BCUT2D eigenvalue weighted by Gasteiger charge is 2.15. The van der Waals surface area contributed by atoms with Crippen LogP contribution in [0, 0.1) is 5.82 Å². The average molecular weight is 421 g/mol. The lowest BCUT2D eigenvalue weighted by molar-refractivity contribution is 0.102. The van der Waals surface area contributed by atoms with Crippen LogP contribution in [0.25, 0.3) is 11.0 Å². The Bertz CT molecular complexity index is 1290. The van der Waals surface area contributed by atoms with Gasteiger partial charge in [-0.15, -0.1) is 0 Å². The molecule has 0 bridgehead atoms. The van der Waals surface area contributed by atoms with E-state index in [0.717, 1.165) is 11.6 Å². The first-order valence-electron chi connectivity index (χ1n) is 9.71. The van der Waals surface area contributed by atoms with E-state index in [1.54, 1.807) is 47.3 Å². The van der Waals surface area contributed by atoms with E-state index in [4.69, 9.17) is 9.15 Å². The van der Waals surface area contributed by atoms with Crippen molar-refractivity contribution in [1.82, 2.24) is 9.78 Å². The van der Waals surface area contributed by atoms with Gasteiger partial charge in [-0.2, -0.15) is 5.10 Å². The molecule has 1 N–H and O–H groups in total. The molecule has 4 aromatic rings. The molecule has 0 aliphatic rings. The van der Waals surface area contributed by atoms with E-state index in [-0.39, 0.29) is 23.1 Å². The van der Waals surface area contributed by atoms with Crippen molar-refractivity contribution in [3.8, 4) is 5.75 Å². The zero-order valence-electron chi connectivity index (χ0n) is 17.0. The first kappa shape index (κ1) is 20.3. The Hall–Kier alpha value is -3.94. The summed E-state index contributed by atoms with van der Waals surface area (Å²) in [7, 11) is 0. The molecule has 0 fully saturated rings. The molecule has 7 nitrogen and oxygen atoms in total. The van der Waals surface area contributed by atoms with E-state index in [1.165, 1.54) is 12.1 Å². The Balaban J connectivity index is 1.55. The zero-order valence-corrected chi connectivity index (χ0v) is 17.0. The van der Waals surface area contributed by atoms with Gasteiger partial charge in [-0.1, -0.05) is 12.1 Å². The van der Waals surface area contributed by atoms with Crippen LogP contribution in [-0.4, -0.2) is 21.8 Å². The largest absolute Gasteiger partial charge is 0.491 e.